The fourth-order valence-corrected chi connectivity index (χ4v) is 3.46. The van der Waals surface area contributed by atoms with Crippen LogP contribution in [0.25, 0.3) is 0 Å². The van der Waals surface area contributed by atoms with E-state index in [1.807, 2.05) is 20.8 Å². The summed E-state index contributed by atoms with van der Waals surface area (Å²) in [6.45, 7) is 7.20. The average molecular weight is 356 g/mol. The number of hydrogen-bond donors (Lipinski definition) is 2. The molecule has 0 radical (unpaired) electrons. The average Bonchev–Trinajstić information content (AvgIpc) is 3.00. The number of esters is 1. The third-order valence-corrected chi connectivity index (χ3v) is 4.76. The second-order valence-corrected chi connectivity index (χ2v) is 7.94. The van der Waals surface area contributed by atoms with E-state index in [0.717, 1.165) is 0 Å². The van der Waals surface area contributed by atoms with Crippen molar-refractivity contribution < 1.29 is 27.2 Å². The van der Waals surface area contributed by atoms with Crippen LogP contribution in [0, 0.1) is 5.41 Å². The first-order valence-corrected chi connectivity index (χ1v) is 8.84. The minimum Gasteiger partial charge on any atom is -0.467 e. The van der Waals surface area contributed by atoms with Crippen LogP contribution in [-0.4, -0.2) is 26.9 Å². The smallest absolute Gasteiger partial charge is 0.354 e. The highest BCUT2D eigenvalue weighted by Gasteiger charge is 2.43. The molecule has 0 bridgehead atoms. The van der Waals surface area contributed by atoms with Gasteiger partial charge in [-0.25, -0.2) is 17.9 Å². The Morgan fingerprint density at radius 3 is 2.58 bits per heavy atom. The molecule has 1 aromatic heterocycles. The maximum atomic E-state index is 12.1. The van der Waals surface area contributed by atoms with E-state index in [4.69, 9.17) is 9.15 Å². The third kappa shape index (κ3) is 3.45. The van der Waals surface area contributed by atoms with Crippen molar-refractivity contribution in [2.24, 2.45) is 5.41 Å². The molecule has 0 aliphatic carbocycles. The van der Waals surface area contributed by atoms with Crippen LogP contribution in [0.1, 0.15) is 39.5 Å². The van der Waals surface area contributed by atoms with Crippen molar-refractivity contribution in [2.75, 3.05) is 6.61 Å². The van der Waals surface area contributed by atoms with Gasteiger partial charge in [-0.15, -0.1) is 0 Å². The zero-order valence-electron chi connectivity index (χ0n) is 13.9. The van der Waals surface area contributed by atoms with Crippen LogP contribution in [-0.2, 0) is 24.3 Å². The summed E-state index contributed by atoms with van der Waals surface area (Å²) in [5, 5.41) is 2.85. The first-order valence-electron chi connectivity index (χ1n) is 7.36. The van der Waals surface area contributed by atoms with Gasteiger partial charge >= 0.3 is 5.97 Å². The lowest BCUT2D eigenvalue weighted by Crippen LogP contribution is -2.35. The van der Waals surface area contributed by atoms with E-state index >= 15 is 0 Å². The molecule has 9 heteroatoms. The number of ether oxygens (including phenoxy) is 1. The molecule has 8 nitrogen and oxygen atoms in total. The number of carbonyl (C=O) groups excluding carboxylic acids is 2. The van der Waals surface area contributed by atoms with Crippen LogP contribution >= 0.6 is 0 Å². The van der Waals surface area contributed by atoms with E-state index < -0.39 is 38.3 Å². The summed E-state index contributed by atoms with van der Waals surface area (Å²) in [5.74, 6) is -1.47. The molecule has 1 aliphatic rings. The van der Waals surface area contributed by atoms with Gasteiger partial charge in [-0.05, 0) is 24.5 Å². The molecule has 1 aromatic rings. The van der Waals surface area contributed by atoms with Crippen LogP contribution in [0.5, 0.6) is 0 Å². The fraction of sp³-hybridized carbons (Fsp3) is 0.467. The van der Waals surface area contributed by atoms with Gasteiger partial charge in [-0.1, -0.05) is 20.8 Å². The first kappa shape index (κ1) is 18.1. The highest BCUT2D eigenvalue weighted by Crippen LogP contribution is 2.35. The van der Waals surface area contributed by atoms with Crippen molar-refractivity contribution in [3.05, 3.63) is 34.8 Å². The summed E-state index contributed by atoms with van der Waals surface area (Å²) in [6, 6.07) is 2.85. The SMILES string of the molecule is CCOC(=O)C1=C(N[C@@H](c2ccco2)C(C)(C)C)C(=O)NS1(=O)=O. The van der Waals surface area contributed by atoms with Crippen molar-refractivity contribution >= 4 is 21.9 Å². The lowest BCUT2D eigenvalue weighted by molar-refractivity contribution is -0.137. The van der Waals surface area contributed by atoms with E-state index in [9.17, 15) is 18.0 Å². The van der Waals surface area contributed by atoms with E-state index in [1.165, 1.54) is 6.26 Å². The zero-order valence-corrected chi connectivity index (χ0v) is 14.7. The second-order valence-electron chi connectivity index (χ2n) is 6.32. The molecular weight excluding hydrogens is 336 g/mol. The summed E-state index contributed by atoms with van der Waals surface area (Å²) >= 11 is 0. The van der Waals surface area contributed by atoms with Crippen molar-refractivity contribution in [1.29, 1.82) is 0 Å². The molecule has 2 heterocycles. The summed E-state index contributed by atoms with van der Waals surface area (Å²) in [7, 11) is -4.25. The summed E-state index contributed by atoms with van der Waals surface area (Å²) in [4.78, 5) is 23.4. The minimum absolute atomic E-state index is 0.0137. The van der Waals surface area contributed by atoms with E-state index in [-0.39, 0.29) is 12.3 Å². The molecule has 2 N–H and O–H groups in total. The number of nitrogens with one attached hydrogen (secondary N) is 2. The molecule has 0 unspecified atom stereocenters. The van der Waals surface area contributed by atoms with E-state index in [0.29, 0.717) is 5.76 Å². The monoisotopic (exact) mass is 356 g/mol. The maximum absolute atomic E-state index is 12.1. The first-order chi connectivity index (χ1) is 11.1. The van der Waals surface area contributed by atoms with Gasteiger partial charge in [0.05, 0.1) is 18.9 Å². The van der Waals surface area contributed by atoms with E-state index in [2.05, 4.69) is 5.32 Å². The van der Waals surface area contributed by atoms with Gasteiger partial charge in [0.2, 0.25) is 4.91 Å². The Morgan fingerprint density at radius 1 is 1.42 bits per heavy atom. The predicted molar refractivity (Wildman–Crippen MR) is 84.8 cm³/mol. The fourth-order valence-electron chi connectivity index (χ4n) is 2.32. The molecule has 1 atom stereocenters. The Balaban J connectivity index is 2.51. The number of sulfonamides is 1. The molecular formula is C15H20N2O6S. The van der Waals surface area contributed by atoms with Crippen LogP contribution in [0.4, 0.5) is 0 Å². The predicted octanol–water partition coefficient (Wildman–Crippen LogP) is 1.19. The van der Waals surface area contributed by atoms with Gasteiger partial charge in [-0.3, -0.25) is 4.79 Å². The van der Waals surface area contributed by atoms with Crippen molar-refractivity contribution in [3.8, 4) is 0 Å². The Kier molecular flexibility index (Phi) is 4.75. The minimum atomic E-state index is -4.25. The lowest BCUT2D eigenvalue weighted by atomic mass is 9.85. The second kappa shape index (κ2) is 6.31. The Morgan fingerprint density at radius 2 is 2.08 bits per heavy atom. The molecule has 2 rings (SSSR count). The van der Waals surface area contributed by atoms with Gasteiger partial charge < -0.3 is 14.5 Å². The van der Waals surface area contributed by atoms with E-state index in [1.54, 1.807) is 23.8 Å². The van der Waals surface area contributed by atoms with Crippen LogP contribution in [0.15, 0.2) is 33.4 Å². The zero-order chi connectivity index (χ0) is 18.1. The number of furan rings is 1. The molecule has 0 saturated heterocycles. The van der Waals surface area contributed by atoms with Gasteiger partial charge in [0.1, 0.15) is 11.5 Å². The largest absolute Gasteiger partial charge is 0.467 e. The normalized spacial score (nSPS) is 18.2. The number of hydrogen-bond acceptors (Lipinski definition) is 7. The van der Waals surface area contributed by atoms with Gasteiger partial charge in [0.25, 0.3) is 15.9 Å². The number of carbonyl (C=O) groups is 2. The molecule has 132 valence electrons. The van der Waals surface area contributed by atoms with Crippen molar-refractivity contribution in [2.45, 2.75) is 33.7 Å². The van der Waals surface area contributed by atoms with Crippen LogP contribution in [0.2, 0.25) is 0 Å². The van der Waals surface area contributed by atoms with Gasteiger partial charge in [0, 0.05) is 0 Å². The highest BCUT2D eigenvalue weighted by molar-refractivity contribution is 7.95. The Bertz CT molecular complexity index is 771. The molecule has 24 heavy (non-hydrogen) atoms. The molecule has 1 aliphatic heterocycles. The third-order valence-electron chi connectivity index (χ3n) is 3.39. The topological polar surface area (TPSA) is 115 Å². The molecule has 0 fully saturated rings. The summed E-state index contributed by atoms with van der Waals surface area (Å²) in [5.41, 5.74) is -0.776. The molecule has 0 aromatic carbocycles. The van der Waals surface area contributed by atoms with Gasteiger partial charge in [-0.2, -0.15) is 0 Å². The Labute approximate surface area is 140 Å². The standard InChI is InChI=1S/C15H20N2O6S/c1-5-22-14(19)11-10(13(18)17-24(11,20)21)16-12(15(2,3)4)9-7-6-8-23-9/h6-8,12,16H,5H2,1-4H3,(H,17,18)/t12-/m0/s1. The van der Waals surface area contributed by atoms with Crippen LogP contribution in [0.3, 0.4) is 0 Å². The number of amides is 1. The molecule has 0 saturated carbocycles. The maximum Gasteiger partial charge on any atom is 0.354 e. The highest BCUT2D eigenvalue weighted by atomic mass is 32.2. The van der Waals surface area contributed by atoms with Gasteiger partial charge in [0.15, 0.2) is 0 Å². The summed E-state index contributed by atoms with van der Waals surface area (Å²) < 4.78 is 36.1. The Hall–Kier alpha value is -2.29. The summed E-state index contributed by atoms with van der Waals surface area (Å²) in [6.07, 6.45) is 1.47. The van der Waals surface area contributed by atoms with Crippen molar-refractivity contribution in [3.63, 3.8) is 0 Å². The van der Waals surface area contributed by atoms with Crippen molar-refractivity contribution in [1.82, 2.24) is 10.0 Å². The molecule has 1 amide bonds. The van der Waals surface area contributed by atoms with Crippen LogP contribution < -0.4 is 10.0 Å². The number of rotatable bonds is 5. The quantitative estimate of drug-likeness (QED) is 0.762. The lowest BCUT2D eigenvalue weighted by Gasteiger charge is -2.30. The molecule has 0 spiro atoms.